The van der Waals surface area contributed by atoms with Gasteiger partial charge in [0.05, 0.1) is 12.5 Å². The molecule has 3 nitrogen and oxygen atoms in total. The van der Waals surface area contributed by atoms with E-state index >= 15 is 0 Å². The SMILES string of the molecule is CN(Cc1ccoc1)CC1CCCCCC1=O. The highest BCUT2D eigenvalue weighted by Gasteiger charge is 2.21. The lowest BCUT2D eigenvalue weighted by Gasteiger charge is -2.21. The summed E-state index contributed by atoms with van der Waals surface area (Å²) < 4.78 is 5.05. The van der Waals surface area contributed by atoms with Crippen LogP contribution in [0.2, 0.25) is 0 Å². The lowest BCUT2D eigenvalue weighted by Crippen LogP contribution is -2.29. The highest BCUT2D eigenvalue weighted by atomic mass is 16.3. The van der Waals surface area contributed by atoms with Crippen molar-refractivity contribution >= 4 is 5.78 Å². The normalized spacial score (nSPS) is 21.8. The average molecular weight is 235 g/mol. The molecule has 0 amide bonds. The third-order valence-corrected chi connectivity index (χ3v) is 3.50. The van der Waals surface area contributed by atoms with Crippen LogP contribution >= 0.6 is 0 Å². The molecule has 0 aliphatic heterocycles. The Balaban J connectivity index is 1.84. The Labute approximate surface area is 103 Å². The van der Waals surface area contributed by atoms with Crippen molar-refractivity contribution in [1.29, 1.82) is 0 Å². The fourth-order valence-corrected chi connectivity index (χ4v) is 2.56. The summed E-state index contributed by atoms with van der Waals surface area (Å²) in [5, 5.41) is 0. The van der Waals surface area contributed by atoms with Crippen molar-refractivity contribution < 1.29 is 9.21 Å². The number of rotatable bonds is 4. The third-order valence-electron chi connectivity index (χ3n) is 3.50. The molecule has 3 heteroatoms. The predicted molar refractivity (Wildman–Crippen MR) is 66.6 cm³/mol. The molecule has 17 heavy (non-hydrogen) atoms. The van der Waals surface area contributed by atoms with Gasteiger partial charge in [0.25, 0.3) is 0 Å². The molecule has 0 bridgehead atoms. The predicted octanol–water partition coefficient (Wildman–Crippen LogP) is 2.86. The minimum absolute atomic E-state index is 0.245. The molecule has 2 rings (SSSR count). The molecule has 0 aromatic carbocycles. The van der Waals surface area contributed by atoms with Crippen molar-refractivity contribution in [3.8, 4) is 0 Å². The largest absolute Gasteiger partial charge is 0.472 e. The summed E-state index contributed by atoms with van der Waals surface area (Å²) in [5.74, 6) is 0.705. The van der Waals surface area contributed by atoms with Crippen molar-refractivity contribution in [3.63, 3.8) is 0 Å². The number of carbonyl (C=O) groups excluding carboxylic acids is 1. The maximum absolute atomic E-state index is 11.9. The Hall–Kier alpha value is -1.09. The van der Waals surface area contributed by atoms with Crippen LogP contribution in [0.1, 0.15) is 37.7 Å². The summed E-state index contributed by atoms with van der Waals surface area (Å²) in [5.41, 5.74) is 1.17. The van der Waals surface area contributed by atoms with Crippen LogP contribution in [-0.2, 0) is 11.3 Å². The molecule has 1 aromatic rings. The number of hydrogen-bond donors (Lipinski definition) is 0. The number of Topliss-reactive ketones (excluding diaryl/α,β-unsaturated/α-hetero) is 1. The lowest BCUT2D eigenvalue weighted by atomic mass is 9.98. The van der Waals surface area contributed by atoms with Crippen molar-refractivity contribution in [3.05, 3.63) is 24.2 Å². The Morgan fingerprint density at radius 1 is 1.41 bits per heavy atom. The summed E-state index contributed by atoms with van der Waals surface area (Å²) in [7, 11) is 2.07. The van der Waals surface area contributed by atoms with E-state index in [1.54, 1.807) is 12.5 Å². The van der Waals surface area contributed by atoms with Crippen LogP contribution in [0.4, 0.5) is 0 Å². The summed E-state index contributed by atoms with van der Waals surface area (Å²) in [6.07, 6.45) is 8.81. The van der Waals surface area contributed by atoms with Gasteiger partial charge < -0.3 is 9.32 Å². The molecule has 1 atom stereocenters. The standard InChI is InChI=1S/C14H21NO2/c1-15(9-12-7-8-17-11-12)10-13-5-3-2-4-6-14(13)16/h7-8,11,13H,2-6,9-10H2,1H3. The summed E-state index contributed by atoms with van der Waals surface area (Å²) in [4.78, 5) is 14.1. The first kappa shape index (κ1) is 12.4. The second-order valence-corrected chi connectivity index (χ2v) is 5.09. The monoisotopic (exact) mass is 235 g/mol. The zero-order valence-electron chi connectivity index (χ0n) is 10.5. The molecule has 0 saturated heterocycles. The number of carbonyl (C=O) groups is 1. The zero-order chi connectivity index (χ0) is 12.1. The topological polar surface area (TPSA) is 33.5 Å². The first-order valence-electron chi connectivity index (χ1n) is 6.48. The minimum atomic E-state index is 0.245. The van der Waals surface area contributed by atoms with Crippen LogP contribution in [0, 0.1) is 5.92 Å². The molecule has 0 N–H and O–H groups in total. The third kappa shape index (κ3) is 3.70. The van der Waals surface area contributed by atoms with E-state index in [1.807, 2.05) is 6.07 Å². The van der Waals surface area contributed by atoms with Gasteiger partial charge in [-0.25, -0.2) is 0 Å². The average Bonchev–Trinajstić information content (AvgIpc) is 2.71. The van der Waals surface area contributed by atoms with Gasteiger partial charge in [-0.15, -0.1) is 0 Å². The molecule has 1 fully saturated rings. The Morgan fingerprint density at radius 2 is 2.29 bits per heavy atom. The second kappa shape index (κ2) is 6.01. The number of furan rings is 1. The van der Waals surface area contributed by atoms with Crippen molar-refractivity contribution in [2.45, 2.75) is 38.6 Å². The molecular weight excluding hydrogens is 214 g/mol. The Bertz CT molecular complexity index is 345. The smallest absolute Gasteiger partial charge is 0.137 e. The quantitative estimate of drug-likeness (QED) is 0.752. The van der Waals surface area contributed by atoms with E-state index in [-0.39, 0.29) is 5.92 Å². The van der Waals surface area contributed by atoms with E-state index in [0.717, 1.165) is 32.4 Å². The maximum Gasteiger partial charge on any atom is 0.137 e. The van der Waals surface area contributed by atoms with Gasteiger partial charge in [-0.1, -0.05) is 12.8 Å². The number of ketones is 1. The minimum Gasteiger partial charge on any atom is -0.472 e. The van der Waals surface area contributed by atoms with Gasteiger partial charge in [0.1, 0.15) is 5.78 Å². The lowest BCUT2D eigenvalue weighted by molar-refractivity contribution is -0.123. The van der Waals surface area contributed by atoms with E-state index in [4.69, 9.17) is 4.42 Å². The molecule has 1 heterocycles. The van der Waals surface area contributed by atoms with E-state index < -0.39 is 0 Å². The van der Waals surface area contributed by atoms with Crippen LogP contribution in [0.5, 0.6) is 0 Å². The van der Waals surface area contributed by atoms with E-state index in [2.05, 4.69) is 11.9 Å². The fraction of sp³-hybridized carbons (Fsp3) is 0.643. The van der Waals surface area contributed by atoms with Gasteiger partial charge in [-0.2, -0.15) is 0 Å². The van der Waals surface area contributed by atoms with E-state index in [9.17, 15) is 4.79 Å². The van der Waals surface area contributed by atoms with E-state index in [0.29, 0.717) is 5.78 Å². The maximum atomic E-state index is 11.9. The molecular formula is C14H21NO2. The van der Waals surface area contributed by atoms with Gasteiger partial charge in [-0.3, -0.25) is 4.79 Å². The Kier molecular flexibility index (Phi) is 4.37. The van der Waals surface area contributed by atoms with Gasteiger partial charge in [0.15, 0.2) is 0 Å². The molecule has 1 aliphatic carbocycles. The van der Waals surface area contributed by atoms with Crippen LogP contribution < -0.4 is 0 Å². The first-order chi connectivity index (χ1) is 8.25. The molecule has 1 aliphatic rings. The molecule has 1 saturated carbocycles. The fourth-order valence-electron chi connectivity index (χ4n) is 2.56. The number of hydrogen-bond acceptors (Lipinski definition) is 3. The summed E-state index contributed by atoms with van der Waals surface area (Å²) in [6.45, 7) is 1.74. The summed E-state index contributed by atoms with van der Waals surface area (Å²) >= 11 is 0. The highest BCUT2D eigenvalue weighted by molar-refractivity contribution is 5.81. The molecule has 0 radical (unpaired) electrons. The van der Waals surface area contributed by atoms with Crippen molar-refractivity contribution in [1.82, 2.24) is 4.90 Å². The molecule has 94 valence electrons. The van der Waals surface area contributed by atoms with Crippen LogP contribution in [0.15, 0.2) is 23.0 Å². The Morgan fingerprint density at radius 3 is 3.06 bits per heavy atom. The highest BCUT2D eigenvalue weighted by Crippen LogP contribution is 2.21. The molecule has 0 spiro atoms. The van der Waals surface area contributed by atoms with Crippen LogP contribution in [0.3, 0.4) is 0 Å². The van der Waals surface area contributed by atoms with Gasteiger partial charge in [0.2, 0.25) is 0 Å². The second-order valence-electron chi connectivity index (χ2n) is 5.09. The van der Waals surface area contributed by atoms with Gasteiger partial charge in [0, 0.05) is 31.0 Å². The number of nitrogens with zero attached hydrogens (tertiary/aromatic N) is 1. The molecule has 1 unspecified atom stereocenters. The van der Waals surface area contributed by atoms with Crippen molar-refractivity contribution in [2.75, 3.05) is 13.6 Å². The van der Waals surface area contributed by atoms with Gasteiger partial charge >= 0.3 is 0 Å². The first-order valence-corrected chi connectivity index (χ1v) is 6.48. The zero-order valence-corrected chi connectivity index (χ0v) is 10.5. The van der Waals surface area contributed by atoms with Gasteiger partial charge in [-0.05, 0) is 26.0 Å². The van der Waals surface area contributed by atoms with Crippen molar-refractivity contribution in [2.24, 2.45) is 5.92 Å². The van der Waals surface area contributed by atoms with Crippen LogP contribution in [-0.4, -0.2) is 24.3 Å². The van der Waals surface area contributed by atoms with Crippen LogP contribution in [0.25, 0.3) is 0 Å². The summed E-state index contributed by atoms with van der Waals surface area (Å²) in [6, 6.07) is 1.98. The molecule has 1 aromatic heterocycles. The van der Waals surface area contributed by atoms with E-state index in [1.165, 1.54) is 18.4 Å².